The zero-order chi connectivity index (χ0) is 23.5. The first kappa shape index (κ1) is 31.2. The maximum absolute atomic E-state index is 6.16. The van der Waals surface area contributed by atoms with Crippen LogP contribution in [0.1, 0.15) is 126 Å². The normalized spacial score (nSPS) is 17.8. The molecule has 0 rings (SSSR count). The average Bonchev–Trinajstić information content (AvgIpc) is 2.64. The van der Waals surface area contributed by atoms with Gasteiger partial charge >= 0.3 is 0 Å². The Morgan fingerprint density at radius 2 is 1.00 bits per heavy atom. The zero-order valence-electron chi connectivity index (χ0n) is 22.3. The second kappa shape index (κ2) is 20.8. The third-order valence-electron chi connectivity index (χ3n) is 6.49. The number of halogens is 1. The molecule has 0 spiro atoms. The van der Waals surface area contributed by atoms with Gasteiger partial charge in [0.25, 0.3) is 0 Å². The number of alkyl halides is 1. The fraction of sp³-hybridized carbons (Fsp3) is 1.00. The Morgan fingerprint density at radius 1 is 0.548 bits per heavy atom. The van der Waals surface area contributed by atoms with Crippen molar-refractivity contribution >= 4 is 11.6 Å². The molecule has 0 saturated heterocycles. The van der Waals surface area contributed by atoms with Crippen molar-refractivity contribution in [2.45, 2.75) is 131 Å². The summed E-state index contributed by atoms with van der Waals surface area (Å²) in [5.41, 5.74) is 0. The van der Waals surface area contributed by atoms with Crippen molar-refractivity contribution in [3.63, 3.8) is 0 Å². The lowest BCUT2D eigenvalue weighted by Gasteiger charge is -2.24. The number of hydrogen-bond donors (Lipinski definition) is 0. The lowest BCUT2D eigenvalue weighted by Crippen LogP contribution is -2.13. The highest BCUT2D eigenvalue weighted by Gasteiger charge is 2.17. The van der Waals surface area contributed by atoms with Crippen LogP contribution in [0.3, 0.4) is 0 Å². The second-order valence-electron chi connectivity index (χ2n) is 11.0. The molecule has 0 bridgehead atoms. The highest BCUT2D eigenvalue weighted by molar-refractivity contribution is 6.20. The van der Waals surface area contributed by atoms with E-state index in [9.17, 15) is 0 Å². The van der Waals surface area contributed by atoms with Gasteiger partial charge in [0.05, 0.1) is 0 Å². The van der Waals surface area contributed by atoms with Crippen molar-refractivity contribution in [1.82, 2.24) is 0 Å². The largest absolute Gasteiger partial charge is 0.355 e. The molecular weight excluding hydrogens is 404 g/mol. The van der Waals surface area contributed by atoms with Gasteiger partial charge in [-0.15, -0.1) is 11.6 Å². The van der Waals surface area contributed by atoms with Crippen molar-refractivity contribution in [3.8, 4) is 0 Å². The molecule has 0 amide bonds. The molecule has 2 nitrogen and oxygen atoms in total. The fourth-order valence-electron chi connectivity index (χ4n) is 5.32. The molecule has 0 radical (unpaired) electrons. The van der Waals surface area contributed by atoms with Crippen LogP contribution in [0.2, 0.25) is 0 Å². The first-order valence-corrected chi connectivity index (χ1v) is 14.0. The van der Waals surface area contributed by atoms with Crippen LogP contribution in [0, 0.1) is 29.6 Å². The van der Waals surface area contributed by atoms with E-state index < -0.39 is 0 Å². The average molecular weight is 461 g/mol. The van der Waals surface area contributed by atoms with E-state index in [1.807, 2.05) is 0 Å². The minimum Gasteiger partial charge on any atom is -0.355 e. The van der Waals surface area contributed by atoms with Gasteiger partial charge in [0.1, 0.15) is 6.79 Å². The third kappa shape index (κ3) is 21.8. The quantitative estimate of drug-likeness (QED) is 0.0908. The molecule has 3 heteroatoms. The highest BCUT2D eigenvalue weighted by atomic mass is 35.5. The van der Waals surface area contributed by atoms with E-state index in [1.165, 1.54) is 64.2 Å². The van der Waals surface area contributed by atoms with Crippen molar-refractivity contribution in [1.29, 1.82) is 0 Å². The molecule has 0 aromatic heterocycles. The van der Waals surface area contributed by atoms with Gasteiger partial charge in [-0.25, -0.2) is 0 Å². The van der Waals surface area contributed by atoms with E-state index in [-0.39, 0.29) is 0 Å². The van der Waals surface area contributed by atoms with Gasteiger partial charge in [0, 0.05) is 18.6 Å². The number of rotatable bonds is 22. The summed E-state index contributed by atoms with van der Waals surface area (Å²) in [5.74, 6) is 3.97. The summed E-state index contributed by atoms with van der Waals surface area (Å²) < 4.78 is 11.2. The number of unbranched alkanes of at least 4 members (excludes halogenated alkanes) is 4. The van der Waals surface area contributed by atoms with Crippen LogP contribution in [0.25, 0.3) is 0 Å². The first-order chi connectivity index (χ1) is 14.7. The smallest absolute Gasteiger partial charge is 0.146 e. The Morgan fingerprint density at radius 3 is 1.52 bits per heavy atom. The third-order valence-corrected chi connectivity index (χ3v) is 6.67. The van der Waals surface area contributed by atoms with Gasteiger partial charge in [-0.3, -0.25) is 0 Å². The molecule has 0 aliphatic rings. The predicted octanol–water partition coefficient (Wildman–Crippen LogP) is 9.49. The molecule has 0 aromatic rings. The summed E-state index contributed by atoms with van der Waals surface area (Å²) in [5, 5.41) is 0.305. The molecule has 6 unspecified atom stereocenters. The highest BCUT2D eigenvalue weighted by Crippen LogP contribution is 2.29. The zero-order valence-corrected chi connectivity index (χ0v) is 23.0. The van der Waals surface area contributed by atoms with Crippen molar-refractivity contribution in [2.75, 3.05) is 20.0 Å². The van der Waals surface area contributed by atoms with E-state index in [4.69, 9.17) is 21.1 Å². The van der Waals surface area contributed by atoms with Crippen LogP contribution in [0.4, 0.5) is 0 Å². The maximum Gasteiger partial charge on any atom is 0.146 e. The topological polar surface area (TPSA) is 18.5 Å². The van der Waals surface area contributed by atoms with Crippen molar-refractivity contribution < 1.29 is 9.47 Å². The van der Waals surface area contributed by atoms with Gasteiger partial charge in [0.2, 0.25) is 0 Å². The molecule has 0 fully saturated rings. The molecular formula is C28H57ClO2. The van der Waals surface area contributed by atoms with E-state index in [2.05, 4.69) is 48.5 Å². The minimum absolute atomic E-state index is 0.305. The van der Waals surface area contributed by atoms with Crippen LogP contribution in [-0.4, -0.2) is 25.4 Å². The Balaban J connectivity index is 3.68. The number of ether oxygens (including phenoxy) is 2. The fourth-order valence-corrected chi connectivity index (χ4v) is 5.63. The Kier molecular flexibility index (Phi) is 20.9. The van der Waals surface area contributed by atoms with E-state index in [1.54, 1.807) is 0 Å². The molecule has 0 aliphatic heterocycles. The molecule has 0 saturated carbocycles. The summed E-state index contributed by atoms with van der Waals surface area (Å²) in [7, 11) is 0. The van der Waals surface area contributed by atoms with Gasteiger partial charge in [-0.05, 0) is 87.9 Å². The number of hydrogen-bond acceptors (Lipinski definition) is 2. The monoisotopic (exact) mass is 460 g/mol. The molecule has 0 aromatic carbocycles. The summed E-state index contributed by atoms with van der Waals surface area (Å²) >= 11 is 6.16. The lowest BCUT2D eigenvalue weighted by molar-refractivity contribution is -0.0561. The molecule has 0 heterocycles. The Labute approximate surface area is 201 Å². The molecule has 0 aliphatic carbocycles. The summed E-state index contributed by atoms with van der Waals surface area (Å²) in [6, 6.07) is 0. The van der Waals surface area contributed by atoms with E-state index in [0.717, 1.165) is 55.6 Å². The molecule has 188 valence electrons. The van der Waals surface area contributed by atoms with Crippen LogP contribution < -0.4 is 0 Å². The van der Waals surface area contributed by atoms with Crippen LogP contribution in [-0.2, 0) is 9.47 Å². The minimum atomic E-state index is 0.305. The second-order valence-corrected chi connectivity index (χ2v) is 11.7. The summed E-state index contributed by atoms with van der Waals surface area (Å²) in [6.45, 7) is 18.6. The van der Waals surface area contributed by atoms with E-state index in [0.29, 0.717) is 12.2 Å². The Bertz CT molecular complexity index is 374. The van der Waals surface area contributed by atoms with Crippen molar-refractivity contribution in [3.05, 3.63) is 0 Å². The van der Waals surface area contributed by atoms with Crippen LogP contribution in [0.5, 0.6) is 0 Å². The van der Waals surface area contributed by atoms with Crippen LogP contribution in [0.15, 0.2) is 0 Å². The van der Waals surface area contributed by atoms with Gasteiger partial charge in [-0.2, -0.15) is 0 Å². The molecule has 6 atom stereocenters. The first-order valence-electron chi connectivity index (χ1n) is 13.5. The van der Waals surface area contributed by atoms with Gasteiger partial charge < -0.3 is 9.47 Å². The predicted molar refractivity (Wildman–Crippen MR) is 139 cm³/mol. The van der Waals surface area contributed by atoms with Crippen LogP contribution >= 0.6 is 11.6 Å². The molecule has 31 heavy (non-hydrogen) atoms. The van der Waals surface area contributed by atoms with Crippen molar-refractivity contribution in [2.24, 2.45) is 29.6 Å². The maximum atomic E-state index is 6.16. The SMILES string of the molecule is CCCCCCCOCOCCCC(C)CC(C)CC(C)CC(C)CC(C)CC(C)Cl. The summed E-state index contributed by atoms with van der Waals surface area (Å²) in [6.07, 6.45) is 15.4. The molecule has 0 N–H and O–H groups in total. The van der Waals surface area contributed by atoms with E-state index >= 15 is 0 Å². The lowest BCUT2D eigenvalue weighted by atomic mass is 9.82. The van der Waals surface area contributed by atoms with Gasteiger partial charge in [0.15, 0.2) is 0 Å². The Hall–Kier alpha value is 0.210. The van der Waals surface area contributed by atoms with Gasteiger partial charge in [-0.1, -0.05) is 67.2 Å². The summed E-state index contributed by atoms with van der Waals surface area (Å²) in [4.78, 5) is 0. The standard InChI is InChI=1S/C28H57ClO2/c1-8-9-10-11-12-15-30-22-31-16-13-14-23(2)17-24(3)18-25(4)19-26(5)20-27(6)21-28(7)29/h23-28H,8-22H2,1-7H3.